The van der Waals surface area contributed by atoms with Crippen molar-refractivity contribution in [3.63, 3.8) is 0 Å². The molecular formula is C23H35BN4O4. The summed E-state index contributed by atoms with van der Waals surface area (Å²) in [6.07, 6.45) is 4.11. The lowest BCUT2D eigenvalue weighted by Crippen LogP contribution is -2.33. The number of methoxy groups -OCH3 is 1. The van der Waals surface area contributed by atoms with Crippen LogP contribution < -0.4 is 15.4 Å². The SMILES string of the molecule is CCN(CC)C(=O)c1cc2c(c(OC)c1CNC(C)CCC=O)CB(C#N)C2.CNC=O. The van der Waals surface area contributed by atoms with E-state index in [1.807, 2.05) is 26.8 Å². The quantitative estimate of drug-likeness (QED) is 0.399. The predicted molar refractivity (Wildman–Crippen MR) is 126 cm³/mol. The van der Waals surface area contributed by atoms with Gasteiger partial charge in [-0.25, -0.2) is 5.26 Å². The van der Waals surface area contributed by atoms with Gasteiger partial charge in [-0.2, -0.15) is 0 Å². The third kappa shape index (κ3) is 7.09. The summed E-state index contributed by atoms with van der Waals surface area (Å²) in [6, 6.07) is 2.11. The lowest BCUT2D eigenvalue weighted by molar-refractivity contribution is -0.109. The Morgan fingerprint density at radius 2 is 2.00 bits per heavy atom. The Labute approximate surface area is 191 Å². The summed E-state index contributed by atoms with van der Waals surface area (Å²) in [5.41, 5.74) is 3.57. The van der Waals surface area contributed by atoms with Crippen molar-refractivity contribution in [2.45, 2.75) is 58.8 Å². The van der Waals surface area contributed by atoms with Gasteiger partial charge in [0.25, 0.3) is 12.6 Å². The lowest BCUT2D eigenvalue weighted by Gasteiger charge is -2.24. The van der Waals surface area contributed by atoms with Gasteiger partial charge in [-0.05, 0) is 57.0 Å². The zero-order valence-electron chi connectivity index (χ0n) is 19.9. The average molecular weight is 442 g/mol. The van der Waals surface area contributed by atoms with Gasteiger partial charge in [-0.15, -0.1) is 0 Å². The van der Waals surface area contributed by atoms with E-state index in [1.165, 1.54) is 0 Å². The van der Waals surface area contributed by atoms with E-state index in [0.29, 0.717) is 50.7 Å². The van der Waals surface area contributed by atoms with Crippen LogP contribution in [0.15, 0.2) is 6.07 Å². The maximum absolute atomic E-state index is 13.2. The molecule has 1 aliphatic rings. The van der Waals surface area contributed by atoms with Crippen molar-refractivity contribution >= 4 is 25.3 Å². The molecule has 0 aromatic heterocycles. The normalized spacial score (nSPS) is 12.6. The summed E-state index contributed by atoms with van der Waals surface area (Å²) in [4.78, 5) is 34.7. The van der Waals surface area contributed by atoms with Gasteiger partial charge in [0, 0.05) is 56.2 Å². The molecule has 1 heterocycles. The first-order valence-electron chi connectivity index (χ1n) is 11.1. The summed E-state index contributed by atoms with van der Waals surface area (Å²) in [5.74, 6) is 3.06. The molecule has 8 nitrogen and oxygen atoms in total. The van der Waals surface area contributed by atoms with Crippen LogP contribution in [0.1, 0.15) is 60.7 Å². The Bertz CT molecular complexity index is 821. The second-order valence-corrected chi connectivity index (χ2v) is 7.72. The topological polar surface area (TPSA) is 112 Å². The van der Waals surface area contributed by atoms with Gasteiger partial charge in [0.05, 0.1) is 7.11 Å². The van der Waals surface area contributed by atoms with E-state index < -0.39 is 0 Å². The van der Waals surface area contributed by atoms with Crippen LogP contribution in [0.4, 0.5) is 0 Å². The summed E-state index contributed by atoms with van der Waals surface area (Å²) < 4.78 is 5.76. The number of hydrogen-bond donors (Lipinski definition) is 2. The van der Waals surface area contributed by atoms with Crippen molar-refractivity contribution in [2.24, 2.45) is 0 Å². The van der Waals surface area contributed by atoms with Crippen LogP contribution in [0, 0.1) is 11.2 Å². The molecule has 1 aromatic carbocycles. The minimum atomic E-state index is -0.0740. The van der Waals surface area contributed by atoms with Crippen molar-refractivity contribution in [1.29, 1.82) is 5.26 Å². The van der Waals surface area contributed by atoms with E-state index in [-0.39, 0.29) is 18.7 Å². The number of rotatable bonds is 11. The van der Waals surface area contributed by atoms with Crippen molar-refractivity contribution in [3.05, 3.63) is 28.3 Å². The fourth-order valence-electron chi connectivity index (χ4n) is 3.87. The number of nitrogens with zero attached hydrogens (tertiary/aromatic N) is 2. The standard InChI is InChI=1S/C21H30BN3O3.C2H5NO/c1-5-25(6-2)21(27)17-10-16-11-22(14-23)12-18(16)20(28-4)19(17)13-24-15(3)8-7-9-26;1-3-2-4/h9-10,15,24H,5-8,11-13H2,1-4H3;2H,1H3,(H,3,4). The Kier molecular flexibility index (Phi) is 12.1. The predicted octanol–water partition coefficient (Wildman–Crippen LogP) is 1.73. The second kappa shape index (κ2) is 14.3. The largest absolute Gasteiger partial charge is 0.496 e. The number of amides is 2. The molecule has 0 saturated heterocycles. The molecule has 2 rings (SSSR count). The molecule has 0 aliphatic carbocycles. The van der Waals surface area contributed by atoms with Gasteiger partial charge in [-0.1, -0.05) is 0 Å². The summed E-state index contributed by atoms with van der Waals surface area (Å²) in [5, 5.41) is 15.0. The fourth-order valence-corrected chi connectivity index (χ4v) is 3.87. The number of hydrogen-bond acceptors (Lipinski definition) is 6. The summed E-state index contributed by atoms with van der Waals surface area (Å²) >= 11 is 0. The molecule has 174 valence electrons. The number of carbonyl (C=O) groups excluding carboxylic acids is 3. The van der Waals surface area contributed by atoms with Crippen LogP contribution in [0.25, 0.3) is 0 Å². The molecular weight excluding hydrogens is 407 g/mol. The minimum absolute atomic E-state index is 0.0103. The molecule has 1 atom stereocenters. The highest BCUT2D eigenvalue weighted by molar-refractivity contribution is 6.67. The number of aldehydes is 1. The zero-order valence-corrected chi connectivity index (χ0v) is 19.9. The molecule has 1 unspecified atom stereocenters. The molecule has 1 aromatic rings. The van der Waals surface area contributed by atoms with E-state index in [1.54, 1.807) is 19.1 Å². The fraction of sp³-hybridized carbons (Fsp3) is 0.565. The van der Waals surface area contributed by atoms with Crippen LogP contribution in [-0.4, -0.2) is 63.5 Å². The maximum atomic E-state index is 13.2. The first kappa shape index (κ1) is 27.2. The maximum Gasteiger partial charge on any atom is 0.276 e. The van der Waals surface area contributed by atoms with Crippen molar-refractivity contribution in [2.75, 3.05) is 27.2 Å². The molecule has 32 heavy (non-hydrogen) atoms. The minimum Gasteiger partial charge on any atom is -0.496 e. The Morgan fingerprint density at radius 1 is 1.34 bits per heavy atom. The molecule has 9 heteroatoms. The van der Waals surface area contributed by atoms with Gasteiger partial charge in [-0.3, -0.25) is 9.59 Å². The van der Waals surface area contributed by atoms with Gasteiger partial charge in [0.2, 0.25) is 6.41 Å². The third-order valence-corrected chi connectivity index (χ3v) is 5.63. The first-order valence-corrected chi connectivity index (χ1v) is 11.1. The molecule has 1 aliphatic heterocycles. The van der Waals surface area contributed by atoms with Crippen LogP contribution in [-0.2, 0) is 28.8 Å². The molecule has 0 bridgehead atoms. The second-order valence-electron chi connectivity index (χ2n) is 7.72. The van der Waals surface area contributed by atoms with E-state index in [9.17, 15) is 14.9 Å². The van der Waals surface area contributed by atoms with Crippen LogP contribution in [0.3, 0.4) is 0 Å². The average Bonchev–Trinajstić information content (AvgIpc) is 3.24. The van der Waals surface area contributed by atoms with Gasteiger partial charge in [0.1, 0.15) is 12.0 Å². The van der Waals surface area contributed by atoms with E-state index in [2.05, 4.69) is 16.6 Å². The van der Waals surface area contributed by atoms with Crippen LogP contribution >= 0.6 is 0 Å². The van der Waals surface area contributed by atoms with Gasteiger partial charge < -0.3 is 25.1 Å². The number of nitrogens with one attached hydrogen (secondary N) is 2. The van der Waals surface area contributed by atoms with Gasteiger partial charge in [0.15, 0.2) is 0 Å². The van der Waals surface area contributed by atoms with Crippen molar-refractivity contribution in [1.82, 2.24) is 15.5 Å². The highest BCUT2D eigenvalue weighted by atomic mass is 16.5. The number of benzene rings is 1. The smallest absolute Gasteiger partial charge is 0.276 e. The highest BCUT2D eigenvalue weighted by Gasteiger charge is 2.32. The van der Waals surface area contributed by atoms with E-state index >= 15 is 0 Å². The summed E-state index contributed by atoms with van der Waals surface area (Å²) in [7, 11) is 3.19. The molecule has 0 spiro atoms. The Morgan fingerprint density at radius 3 is 2.50 bits per heavy atom. The third-order valence-electron chi connectivity index (χ3n) is 5.63. The van der Waals surface area contributed by atoms with Crippen molar-refractivity contribution < 1.29 is 19.1 Å². The monoisotopic (exact) mass is 442 g/mol. The van der Waals surface area contributed by atoms with E-state index in [0.717, 1.165) is 35.1 Å². The number of fused-ring (bicyclic) bond motifs is 1. The number of carbonyl (C=O) groups is 3. The summed E-state index contributed by atoms with van der Waals surface area (Å²) in [6.45, 7) is 7.65. The van der Waals surface area contributed by atoms with Gasteiger partial charge >= 0.3 is 0 Å². The Balaban J connectivity index is 0.00000118. The van der Waals surface area contributed by atoms with Crippen LogP contribution in [0.2, 0.25) is 0 Å². The molecule has 0 fully saturated rings. The van der Waals surface area contributed by atoms with Crippen LogP contribution in [0.5, 0.6) is 5.75 Å². The molecule has 2 amide bonds. The molecule has 0 saturated carbocycles. The first-order chi connectivity index (χ1) is 15.4. The Hall–Kier alpha value is -2.86. The van der Waals surface area contributed by atoms with E-state index in [4.69, 9.17) is 9.53 Å². The van der Waals surface area contributed by atoms with Crippen molar-refractivity contribution in [3.8, 4) is 11.7 Å². The zero-order chi connectivity index (χ0) is 24.1. The highest BCUT2D eigenvalue weighted by Crippen LogP contribution is 2.36. The molecule has 0 radical (unpaired) electrons. The molecule has 2 N–H and O–H groups in total. The number of nitriles is 1. The lowest BCUT2D eigenvalue weighted by atomic mass is 9.49. The number of ether oxygens (including phenoxy) is 1.